The van der Waals surface area contributed by atoms with E-state index in [1.807, 2.05) is 12.1 Å². The van der Waals surface area contributed by atoms with E-state index in [2.05, 4.69) is 67.6 Å². The van der Waals surface area contributed by atoms with Crippen molar-refractivity contribution in [2.75, 3.05) is 5.73 Å². The summed E-state index contributed by atoms with van der Waals surface area (Å²) in [7, 11) is 0. The lowest BCUT2D eigenvalue weighted by molar-refractivity contribution is 0.310. The van der Waals surface area contributed by atoms with E-state index >= 15 is 0 Å². The molecule has 0 heterocycles. The van der Waals surface area contributed by atoms with Crippen LogP contribution in [-0.4, -0.2) is 0 Å². The Labute approximate surface area is 188 Å². The van der Waals surface area contributed by atoms with Crippen LogP contribution in [0.5, 0.6) is 0 Å². The molecule has 0 spiro atoms. The Balaban J connectivity index is 1.25. The fraction of sp³-hybridized carbons (Fsp3) is 0.400. The standard InChI is InChI=1S/C30H37N/c1-2-3-4-23-7-13-26(14-8-23)27-15-9-24(10-16-27)5-6-25-11-17-28(18-12-25)29-19-21-30(31)22-20-29/h7-10,13-16,19-22,25,28H,2-6,11-12,17-18,31H2,1H3. The molecule has 162 valence electrons. The van der Waals surface area contributed by atoms with Crippen LogP contribution in [0.15, 0.2) is 72.8 Å². The minimum atomic E-state index is 0.726. The van der Waals surface area contributed by atoms with Crippen molar-refractivity contribution in [1.82, 2.24) is 0 Å². The highest BCUT2D eigenvalue weighted by Gasteiger charge is 2.22. The Morgan fingerprint density at radius 2 is 1.23 bits per heavy atom. The van der Waals surface area contributed by atoms with Gasteiger partial charge in [0, 0.05) is 5.69 Å². The van der Waals surface area contributed by atoms with Crippen molar-refractivity contribution in [3.63, 3.8) is 0 Å². The maximum absolute atomic E-state index is 5.84. The van der Waals surface area contributed by atoms with E-state index in [9.17, 15) is 0 Å². The quantitative estimate of drug-likeness (QED) is 0.371. The summed E-state index contributed by atoms with van der Waals surface area (Å²) in [6.45, 7) is 2.25. The maximum atomic E-state index is 5.84. The summed E-state index contributed by atoms with van der Waals surface area (Å²) in [5.41, 5.74) is 13.8. The lowest BCUT2D eigenvalue weighted by Gasteiger charge is -2.29. The topological polar surface area (TPSA) is 26.0 Å². The highest BCUT2D eigenvalue weighted by atomic mass is 14.5. The molecule has 3 aromatic rings. The van der Waals surface area contributed by atoms with Gasteiger partial charge in [0.25, 0.3) is 0 Å². The van der Waals surface area contributed by atoms with Crippen LogP contribution in [-0.2, 0) is 12.8 Å². The molecule has 0 radical (unpaired) electrons. The average molecular weight is 412 g/mol. The second kappa shape index (κ2) is 10.7. The smallest absolute Gasteiger partial charge is 0.0314 e. The zero-order valence-corrected chi connectivity index (χ0v) is 19.0. The summed E-state index contributed by atoms with van der Waals surface area (Å²) in [6.07, 6.45) is 11.6. The third kappa shape index (κ3) is 6.00. The van der Waals surface area contributed by atoms with Gasteiger partial charge >= 0.3 is 0 Å². The van der Waals surface area contributed by atoms with Crippen molar-refractivity contribution < 1.29 is 0 Å². The van der Waals surface area contributed by atoms with E-state index in [-0.39, 0.29) is 0 Å². The first-order valence-corrected chi connectivity index (χ1v) is 12.2. The molecule has 1 heteroatoms. The molecular weight excluding hydrogens is 374 g/mol. The first-order chi connectivity index (χ1) is 15.2. The Hall–Kier alpha value is -2.54. The normalized spacial score (nSPS) is 18.7. The van der Waals surface area contributed by atoms with Gasteiger partial charge in [-0.05, 0) is 103 Å². The molecule has 0 amide bonds. The second-order valence-electron chi connectivity index (χ2n) is 9.42. The largest absolute Gasteiger partial charge is 0.399 e. The van der Waals surface area contributed by atoms with Gasteiger partial charge in [0.05, 0.1) is 0 Å². The predicted molar refractivity (Wildman–Crippen MR) is 134 cm³/mol. The molecule has 0 aliphatic heterocycles. The van der Waals surface area contributed by atoms with Crippen molar-refractivity contribution in [3.8, 4) is 11.1 Å². The number of hydrogen-bond acceptors (Lipinski definition) is 1. The molecule has 0 bridgehead atoms. The number of unbranched alkanes of at least 4 members (excludes halogenated alkanes) is 1. The first kappa shape index (κ1) is 21.7. The lowest BCUT2D eigenvalue weighted by atomic mass is 9.77. The van der Waals surface area contributed by atoms with Crippen LogP contribution in [0.2, 0.25) is 0 Å². The summed E-state index contributed by atoms with van der Waals surface area (Å²) in [5.74, 6) is 1.60. The Kier molecular flexibility index (Phi) is 7.46. The molecule has 0 aromatic heterocycles. The van der Waals surface area contributed by atoms with Crippen LogP contribution in [0.25, 0.3) is 11.1 Å². The van der Waals surface area contributed by atoms with Crippen molar-refractivity contribution >= 4 is 5.69 Å². The molecule has 0 unspecified atom stereocenters. The minimum absolute atomic E-state index is 0.726. The van der Waals surface area contributed by atoms with Gasteiger partial charge in [-0.15, -0.1) is 0 Å². The molecule has 31 heavy (non-hydrogen) atoms. The van der Waals surface area contributed by atoms with Crippen LogP contribution >= 0.6 is 0 Å². The summed E-state index contributed by atoms with van der Waals surface area (Å²) in [6, 6.07) is 26.9. The molecule has 1 aliphatic rings. The molecule has 4 rings (SSSR count). The molecule has 1 aliphatic carbocycles. The number of benzene rings is 3. The van der Waals surface area contributed by atoms with E-state index in [1.54, 1.807) is 0 Å². The molecule has 2 N–H and O–H groups in total. The monoisotopic (exact) mass is 411 g/mol. The number of hydrogen-bond donors (Lipinski definition) is 1. The first-order valence-electron chi connectivity index (χ1n) is 12.2. The van der Waals surface area contributed by atoms with E-state index in [1.165, 1.54) is 85.6 Å². The van der Waals surface area contributed by atoms with Gasteiger partial charge in [0.1, 0.15) is 0 Å². The lowest BCUT2D eigenvalue weighted by Crippen LogP contribution is -2.14. The number of anilines is 1. The van der Waals surface area contributed by atoms with Gasteiger partial charge in [-0.3, -0.25) is 0 Å². The Bertz CT molecular complexity index is 914. The number of nitrogen functional groups attached to an aromatic ring is 1. The van der Waals surface area contributed by atoms with E-state index in [0.717, 1.165) is 17.5 Å². The molecule has 0 saturated heterocycles. The maximum Gasteiger partial charge on any atom is 0.0314 e. The average Bonchev–Trinajstić information content (AvgIpc) is 2.83. The number of nitrogens with two attached hydrogens (primary N) is 1. The van der Waals surface area contributed by atoms with E-state index < -0.39 is 0 Å². The van der Waals surface area contributed by atoms with Gasteiger partial charge < -0.3 is 5.73 Å². The predicted octanol–water partition coefficient (Wildman–Crippen LogP) is 8.19. The van der Waals surface area contributed by atoms with Gasteiger partial charge in [-0.1, -0.05) is 74.0 Å². The van der Waals surface area contributed by atoms with Crippen molar-refractivity contribution in [2.24, 2.45) is 5.92 Å². The van der Waals surface area contributed by atoms with Crippen LogP contribution in [0.4, 0.5) is 5.69 Å². The molecule has 1 fully saturated rings. The molecule has 1 saturated carbocycles. The fourth-order valence-electron chi connectivity index (χ4n) is 5.03. The molecule has 0 atom stereocenters. The van der Waals surface area contributed by atoms with Gasteiger partial charge in [-0.2, -0.15) is 0 Å². The summed E-state index contributed by atoms with van der Waals surface area (Å²) < 4.78 is 0. The van der Waals surface area contributed by atoms with Crippen molar-refractivity contribution in [1.29, 1.82) is 0 Å². The van der Waals surface area contributed by atoms with Crippen LogP contribution in [0, 0.1) is 5.92 Å². The van der Waals surface area contributed by atoms with Crippen LogP contribution < -0.4 is 5.73 Å². The minimum Gasteiger partial charge on any atom is -0.399 e. The highest BCUT2D eigenvalue weighted by Crippen LogP contribution is 2.37. The SMILES string of the molecule is CCCCc1ccc(-c2ccc(CCC3CCC(c4ccc(N)cc4)CC3)cc2)cc1. The fourth-order valence-corrected chi connectivity index (χ4v) is 5.03. The third-order valence-corrected chi connectivity index (χ3v) is 7.16. The zero-order chi connectivity index (χ0) is 21.5. The number of rotatable bonds is 8. The summed E-state index contributed by atoms with van der Waals surface area (Å²) in [5, 5.41) is 0. The number of aryl methyl sites for hydroxylation is 2. The Morgan fingerprint density at radius 3 is 1.77 bits per heavy atom. The van der Waals surface area contributed by atoms with Gasteiger partial charge in [0.15, 0.2) is 0 Å². The van der Waals surface area contributed by atoms with Crippen LogP contribution in [0.3, 0.4) is 0 Å². The van der Waals surface area contributed by atoms with E-state index in [0.29, 0.717) is 0 Å². The molecular formula is C30H37N. The zero-order valence-electron chi connectivity index (χ0n) is 19.0. The van der Waals surface area contributed by atoms with E-state index in [4.69, 9.17) is 5.73 Å². The molecule has 3 aromatic carbocycles. The second-order valence-corrected chi connectivity index (χ2v) is 9.42. The molecule has 1 nitrogen and oxygen atoms in total. The highest BCUT2D eigenvalue weighted by molar-refractivity contribution is 5.64. The van der Waals surface area contributed by atoms with Crippen LogP contribution in [0.1, 0.15) is 74.5 Å². The summed E-state index contributed by atoms with van der Waals surface area (Å²) >= 11 is 0. The van der Waals surface area contributed by atoms with Crippen molar-refractivity contribution in [3.05, 3.63) is 89.5 Å². The third-order valence-electron chi connectivity index (χ3n) is 7.16. The summed E-state index contributed by atoms with van der Waals surface area (Å²) in [4.78, 5) is 0. The van der Waals surface area contributed by atoms with Gasteiger partial charge in [-0.25, -0.2) is 0 Å². The van der Waals surface area contributed by atoms with Gasteiger partial charge in [0.2, 0.25) is 0 Å². The Morgan fingerprint density at radius 1 is 0.677 bits per heavy atom. The van der Waals surface area contributed by atoms with Crippen molar-refractivity contribution in [2.45, 2.75) is 70.6 Å².